The van der Waals surface area contributed by atoms with Gasteiger partial charge in [-0.15, -0.1) is 0 Å². The molecule has 1 heterocycles. The summed E-state index contributed by atoms with van der Waals surface area (Å²) in [7, 11) is 0. The Morgan fingerprint density at radius 1 is 1.08 bits per heavy atom. The number of nitrogens with two attached hydrogens (primary N) is 2. The molecular formula is C22H22F3N5O7. The number of hydrogen-bond donors (Lipinski definition) is 6. The third kappa shape index (κ3) is 7.23. The van der Waals surface area contributed by atoms with E-state index in [1.807, 2.05) is 0 Å². The number of amides is 2. The third-order valence-electron chi connectivity index (χ3n) is 5.04. The summed E-state index contributed by atoms with van der Waals surface area (Å²) in [4.78, 5) is 39.7. The predicted molar refractivity (Wildman–Crippen MR) is 121 cm³/mol. The molecule has 3 rings (SSSR count). The highest BCUT2D eigenvalue weighted by Gasteiger charge is 2.32. The zero-order valence-electron chi connectivity index (χ0n) is 18.9. The van der Waals surface area contributed by atoms with Crippen molar-refractivity contribution in [3.63, 3.8) is 0 Å². The molecule has 2 aromatic rings. The molecule has 0 aliphatic carbocycles. The maximum atomic E-state index is 13.2. The molecule has 15 heteroatoms. The minimum absolute atomic E-state index is 0.0246. The topological polar surface area (TPSA) is 199 Å². The molecule has 0 spiro atoms. The molecule has 37 heavy (non-hydrogen) atoms. The van der Waals surface area contributed by atoms with E-state index in [1.165, 1.54) is 18.2 Å². The molecule has 2 unspecified atom stereocenters. The van der Waals surface area contributed by atoms with Crippen molar-refractivity contribution in [2.45, 2.75) is 24.7 Å². The standard InChI is InChI=1S/C22H22F3N5O7/c23-22(24,25)12-3-11(4-13(6-12)29-21(26)27)20(35)28-8-17(31)30-14(7-18(32)33)19(34)10-1-2-15-16(5-10)37-9-36-15/h1-6,14,19,34H,7-9H2,(H,28,35)(H,30,31)(H,32,33)(H4,26,27,29). The summed E-state index contributed by atoms with van der Waals surface area (Å²) >= 11 is 0. The zero-order chi connectivity index (χ0) is 27.3. The highest BCUT2D eigenvalue weighted by molar-refractivity contribution is 5.97. The first kappa shape index (κ1) is 27.1. The lowest BCUT2D eigenvalue weighted by Gasteiger charge is -2.23. The van der Waals surface area contributed by atoms with Crippen molar-refractivity contribution in [2.24, 2.45) is 16.5 Å². The Balaban J connectivity index is 1.70. The number of guanidine groups is 1. The molecule has 0 aromatic heterocycles. The van der Waals surface area contributed by atoms with Gasteiger partial charge in [-0.25, -0.2) is 4.99 Å². The number of aliphatic hydroxyl groups excluding tert-OH is 1. The van der Waals surface area contributed by atoms with Crippen molar-refractivity contribution in [2.75, 3.05) is 13.3 Å². The monoisotopic (exact) mass is 525 g/mol. The number of carbonyl (C=O) groups is 3. The van der Waals surface area contributed by atoms with Crippen LogP contribution in [0.15, 0.2) is 41.4 Å². The third-order valence-corrected chi connectivity index (χ3v) is 5.04. The molecule has 198 valence electrons. The van der Waals surface area contributed by atoms with E-state index in [-0.39, 0.29) is 18.0 Å². The SMILES string of the molecule is NC(N)=Nc1cc(C(=O)NCC(=O)NC(CC(=O)O)C(O)c2ccc3c(c2)OCO3)cc(C(F)(F)F)c1. The van der Waals surface area contributed by atoms with Gasteiger partial charge in [-0.2, -0.15) is 13.2 Å². The van der Waals surface area contributed by atoms with Crippen LogP contribution in [0.1, 0.15) is 34.0 Å². The highest BCUT2D eigenvalue weighted by atomic mass is 19.4. The van der Waals surface area contributed by atoms with Gasteiger partial charge in [0.2, 0.25) is 12.7 Å². The summed E-state index contributed by atoms with van der Waals surface area (Å²) in [6.45, 7) is -0.764. The number of rotatable bonds is 9. The first-order chi connectivity index (χ1) is 17.3. The summed E-state index contributed by atoms with van der Waals surface area (Å²) < 4.78 is 50.0. The summed E-state index contributed by atoms with van der Waals surface area (Å²) in [5.41, 5.74) is 8.62. The zero-order valence-corrected chi connectivity index (χ0v) is 18.9. The number of alkyl halides is 3. The van der Waals surface area contributed by atoms with Crippen LogP contribution in [-0.4, -0.2) is 53.3 Å². The first-order valence-electron chi connectivity index (χ1n) is 10.5. The van der Waals surface area contributed by atoms with Gasteiger partial charge in [-0.05, 0) is 35.9 Å². The fourth-order valence-electron chi connectivity index (χ4n) is 3.40. The number of benzene rings is 2. The van der Waals surface area contributed by atoms with Crippen molar-refractivity contribution in [1.29, 1.82) is 0 Å². The molecule has 2 atom stereocenters. The molecule has 1 aliphatic rings. The van der Waals surface area contributed by atoms with Crippen molar-refractivity contribution >= 4 is 29.4 Å². The quantitative estimate of drug-likeness (QED) is 0.202. The molecular weight excluding hydrogens is 503 g/mol. The Labute approximate surface area is 207 Å². The average Bonchev–Trinajstić information content (AvgIpc) is 3.28. The fraction of sp³-hybridized carbons (Fsp3) is 0.273. The van der Waals surface area contributed by atoms with Crippen LogP contribution < -0.4 is 31.6 Å². The molecule has 1 aliphatic heterocycles. The maximum Gasteiger partial charge on any atom is 0.416 e. The van der Waals surface area contributed by atoms with E-state index < -0.39 is 66.2 Å². The largest absolute Gasteiger partial charge is 0.481 e. The van der Waals surface area contributed by atoms with E-state index in [0.29, 0.717) is 23.6 Å². The lowest BCUT2D eigenvalue weighted by Crippen LogP contribution is -2.45. The van der Waals surface area contributed by atoms with Crippen LogP contribution in [0.3, 0.4) is 0 Å². The van der Waals surface area contributed by atoms with Crippen LogP contribution in [0.4, 0.5) is 18.9 Å². The Hall–Kier alpha value is -4.53. The number of hydrogen-bond acceptors (Lipinski definition) is 7. The Bertz CT molecular complexity index is 1230. The number of aliphatic carboxylic acids is 1. The van der Waals surface area contributed by atoms with Crippen LogP contribution in [0.2, 0.25) is 0 Å². The number of ether oxygens (including phenoxy) is 2. The van der Waals surface area contributed by atoms with Gasteiger partial charge >= 0.3 is 12.1 Å². The summed E-state index contributed by atoms with van der Waals surface area (Å²) in [5.74, 6) is -3.07. The second-order valence-electron chi connectivity index (χ2n) is 7.82. The van der Waals surface area contributed by atoms with E-state index in [2.05, 4.69) is 15.6 Å². The molecule has 12 nitrogen and oxygen atoms in total. The summed E-state index contributed by atoms with van der Waals surface area (Å²) in [5, 5.41) is 24.3. The summed E-state index contributed by atoms with van der Waals surface area (Å²) in [6.07, 6.45) is -6.96. The van der Waals surface area contributed by atoms with Crippen molar-refractivity contribution in [1.82, 2.24) is 10.6 Å². The molecule has 0 bridgehead atoms. The van der Waals surface area contributed by atoms with E-state index in [1.54, 1.807) is 0 Å². The molecule has 8 N–H and O–H groups in total. The Morgan fingerprint density at radius 2 is 1.78 bits per heavy atom. The molecule has 2 amide bonds. The van der Waals surface area contributed by atoms with Gasteiger partial charge in [0.05, 0.1) is 36.4 Å². The number of carboxylic acid groups (broad SMARTS) is 1. The number of aliphatic hydroxyl groups is 1. The van der Waals surface area contributed by atoms with Crippen LogP contribution in [-0.2, 0) is 15.8 Å². The Kier molecular flexibility index (Phi) is 8.07. The number of halogens is 3. The number of nitrogens with one attached hydrogen (secondary N) is 2. The van der Waals surface area contributed by atoms with E-state index >= 15 is 0 Å². The normalized spacial score (nSPS) is 13.8. The minimum atomic E-state index is -4.81. The number of carbonyl (C=O) groups excluding carboxylic acids is 2. The molecule has 0 radical (unpaired) electrons. The van der Waals surface area contributed by atoms with Crippen LogP contribution >= 0.6 is 0 Å². The number of aliphatic imine (C=N–C) groups is 1. The van der Waals surface area contributed by atoms with Gasteiger partial charge < -0.3 is 41.8 Å². The lowest BCUT2D eigenvalue weighted by atomic mass is 9.99. The van der Waals surface area contributed by atoms with E-state index in [4.69, 9.17) is 20.9 Å². The van der Waals surface area contributed by atoms with E-state index in [0.717, 1.165) is 6.07 Å². The summed E-state index contributed by atoms with van der Waals surface area (Å²) in [6, 6.07) is 5.25. The molecule has 2 aromatic carbocycles. The molecule has 0 saturated heterocycles. The van der Waals surface area contributed by atoms with Crippen molar-refractivity contribution < 1.29 is 47.2 Å². The average molecular weight is 525 g/mol. The second-order valence-corrected chi connectivity index (χ2v) is 7.82. The number of carboxylic acids is 1. The maximum absolute atomic E-state index is 13.2. The van der Waals surface area contributed by atoms with Gasteiger partial charge in [0.25, 0.3) is 5.91 Å². The van der Waals surface area contributed by atoms with Gasteiger partial charge in [-0.1, -0.05) is 6.07 Å². The van der Waals surface area contributed by atoms with Crippen LogP contribution in [0.5, 0.6) is 11.5 Å². The predicted octanol–water partition coefficient (Wildman–Crippen LogP) is 0.762. The van der Waals surface area contributed by atoms with Gasteiger partial charge in [-0.3, -0.25) is 14.4 Å². The smallest absolute Gasteiger partial charge is 0.416 e. The number of nitrogens with zero attached hydrogens (tertiary/aromatic N) is 1. The lowest BCUT2D eigenvalue weighted by molar-refractivity contribution is -0.139. The van der Waals surface area contributed by atoms with Gasteiger partial charge in [0.1, 0.15) is 0 Å². The fourth-order valence-corrected chi connectivity index (χ4v) is 3.40. The molecule has 0 saturated carbocycles. The second kappa shape index (κ2) is 11.0. The van der Waals surface area contributed by atoms with Crippen molar-refractivity contribution in [3.8, 4) is 11.5 Å². The highest BCUT2D eigenvalue weighted by Crippen LogP contribution is 2.35. The van der Waals surface area contributed by atoms with Crippen LogP contribution in [0, 0.1) is 0 Å². The minimum Gasteiger partial charge on any atom is -0.481 e. The van der Waals surface area contributed by atoms with Crippen LogP contribution in [0.25, 0.3) is 0 Å². The van der Waals surface area contributed by atoms with Gasteiger partial charge in [0.15, 0.2) is 17.5 Å². The first-order valence-corrected chi connectivity index (χ1v) is 10.5. The van der Waals surface area contributed by atoms with E-state index in [9.17, 15) is 37.8 Å². The van der Waals surface area contributed by atoms with Crippen molar-refractivity contribution in [3.05, 3.63) is 53.1 Å². The Morgan fingerprint density at radius 3 is 2.43 bits per heavy atom. The number of fused-ring (bicyclic) bond motifs is 1. The van der Waals surface area contributed by atoms with Gasteiger partial charge in [0, 0.05) is 5.56 Å². The molecule has 0 fully saturated rings.